The van der Waals surface area contributed by atoms with E-state index in [1.54, 1.807) is 25.3 Å². The number of pyridine rings is 1. The number of aromatic nitrogens is 3. The second-order valence-corrected chi connectivity index (χ2v) is 3.45. The molecular formula is C11H11N5O. The van der Waals surface area contributed by atoms with Crippen molar-refractivity contribution in [3.05, 3.63) is 35.6 Å². The van der Waals surface area contributed by atoms with E-state index >= 15 is 0 Å². The van der Waals surface area contributed by atoms with Gasteiger partial charge in [0, 0.05) is 26.1 Å². The molecule has 0 fully saturated rings. The second-order valence-electron chi connectivity index (χ2n) is 3.45. The average Bonchev–Trinajstić information content (AvgIpc) is 2.75. The summed E-state index contributed by atoms with van der Waals surface area (Å²) < 4.78 is 4.86. The van der Waals surface area contributed by atoms with E-state index in [9.17, 15) is 0 Å². The lowest BCUT2D eigenvalue weighted by molar-refractivity contribution is 0.387. The summed E-state index contributed by atoms with van der Waals surface area (Å²) in [6, 6.07) is 5.42. The Hall–Kier alpha value is -2.42. The van der Waals surface area contributed by atoms with Crippen molar-refractivity contribution in [2.24, 2.45) is 0 Å². The molecule has 0 amide bonds. The highest BCUT2D eigenvalue weighted by atomic mass is 16.5. The minimum absolute atomic E-state index is 0.560. The minimum Gasteiger partial charge on any atom is -0.370 e. The Balaban J connectivity index is 1.88. The van der Waals surface area contributed by atoms with E-state index < -0.39 is 0 Å². The lowest BCUT2D eigenvalue weighted by Crippen LogP contribution is -2.07. The number of anilines is 1. The van der Waals surface area contributed by atoms with Crippen LogP contribution in [-0.4, -0.2) is 21.7 Å². The fraction of sp³-hybridized carbons (Fsp3) is 0.273. The zero-order chi connectivity index (χ0) is 12.1. The van der Waals surface area contributed by atoms with E-state index in [2.05, 4.69) is 26.5 Å². The molecule has 0 aliphatic carbocycles. The Kier molecular flexibility index (Phi) is 3.31. The summed E-state index contributed by atoms with van der Waals surface area (Å²) in [6.07, 6.45) is 2.25. The van der Waals surface area contributed by atoms with E-state index in [0.717, 1.165) is 0 Å². The van der Waals surface area contributed by atoms with Gasteiger partial charge in [-0.2, -0.15) is 10.2 Å². The number of hydrogen-bond donors (Lipinski definition) is 1. The van der Waals surface area contributed by atoms with Crippen LogP contribution in [0, 0.1) is 18.3 Å². The van der Waals surface area contributed by atoms with Gasteiger partial charge in [-0.3, -0.25) is 0 Å². The largest absolute Gasteiger partial charge is 0.370 e. The fourth-order valence-electron chi connectivity index (χ4n) is 1.34. The van der Waals surface area contributed by atoms with E-state index in [4.69, 9.17) is 9.78 Å². The Morgan fingerprint density at radius 2 is 2.41 bits per heavy atom. The maximum atomic E-state index is 8.73. The first-order valence-electron chi connectivity index (χ1n) is 5.17. The Labute approximate surface area is 98.3 Å². The molecular weight excluding hydrogens is 218 g/mol. The van der Waals surface area contributed by atoms with Crippen LogP contribution in [-0.2, 0) is 6.42 Å². The quantitative estimate of drug-likeness (QED) is 0.850. The lowest BCUT2D eigenvalue weighted by atomic mass is 10.3. The molecule has 0 atom stereocenters. The lowest BCUT2D eigenvalue weighted by Gasteiger charge is -2.02. The first-order valence-corrected chi connectivity index (χ1v) is 5.17. The van der Waals surface area contributed by atoms with Crippen LogP contribution in [0.3, 0.4) is 0 Å². The van der Waals surface area contributed by atoms with Crippen LogP contribution in [0.5, 0.6) is 0 Å². The molecule has 2 aromatic rings. The third-order valence-corrected chi connectivity index (χ3v) is 2.11. The zero-order valence-corrected chi connectivity index (χ0v) is 9.34. The van der Waals surface area contributed by atoms with Crippen molar-refractivity contribution >= 4 is 5.82 Å². The van der Waals surface area contributed by atoms with Gasteiger partial charge in [-0.15, -0.1) is 0 Å². The molecule has 0 bridgehead atoms. The smallest absolute Gasteiger partial charge is 0.223 e. The summed E-state index contributed by atoms with van der Waals surface area (Å²) in [5.41, 5.74) is 0.581. The number of nitrogens with one attached hydrogen (secondary N) is 1. The van der Waals surface area contributed by atoms with Crippen LogP contribution >= 0.6 is 0 Å². The van der Waals surface area contributed by atoms with Crippen LogP contribution in [0.2, 0.25) is 0 Å². The number of hydrogen-bond acceptors (Lipinski definition) is 6. The van der Waals surface area contributed by atoms with Crippen molar-refractivity contribution in [2.45, 2.75) is 13.3 Å². The molecule has 6 nitrogen and oxygen atoms in total. The molecule has 17 heavy (non-hydrogen) atoms. The molecule has 6 heteroatoms. The molecule has 0 aliphatic heterocycles. The van der Waals surface area contributed by atoms with E-state index in [1.807, 2.05) is 0 Å². The van der Waals surface area contributed by atoms with Gasteiger partial charge in [0.1, 0.15) is 5.82 Å². The van der Waals surface area contributed by atoms with Gasteiger partial charge in [0.2, 0.25) is 5.89 Å². The van der Waals surface area contributed by atoms with Crippen molar-refractivity contribution < 1.29 is 4.52 Å². The van der Waals surface area contributed by atoms with E-state index in [0.29, 0.717) is 36.1 Å². The number of aryl methyl sites for hydroxylation is 1. The van der Waals surface area contributed by atoms with Crippen LogP contribution in [0.4, 0.5) is 5.82 Å². The van der Waals surface area contributed by atoms with Gasteiger partial charge in [0.25, 0.3) is 0 Å². The third kappa shape index (κ3) is 3.01. The Bertz CT molecular complexity index is 543. The SMILES string of the molecule is Cc1nc(CCNc2cc(C#N)ccn2)no1. The van der Waals surface area contributed by atoms with Crippen LogP contribution < -0.4 is 5.32 Å². The molecule has 86 valence electrons. The first-order chi connectivity index (χ1) is 8.28. The van der Waals surface area contributed by atoms with Gasteiger partial charge in [0.15, 0.2) is 5.82 Å². The molecule has 2 aromatic heterocycles. The number of rotatable bonds is 4. The molecule has 0 radical (unpaired) electrons. The number of nitrogens with zero attached hydrogens (tertiary/aromatic N) is 4. The summed E-state index contributed by atoms with van der Waals surface area (Å²) in [5.74, 6) is 1.89. The fourth-order valence-corrected chi connectivity index (χ4v) is 1.34. The van der Waals surface area contributed by atoms with Crippen LogP contribution in [0.25, 0.3) is 0 Å². The van der Waals surface area contributed by atoms with Gasteiger partial charge in [-0.05, 0) is 12.1 Å². The number of nitriles is 1. The first kappa shape index (κ1) is 11.1. The molecule has 0 saturated carbocycles. The van der Waals surface area contributed by atoms with Crippen molar-refractivity contribution in [3.63, 3.8) is 0 Å². The molecule has 0 saturated heterocycles. The van der Waals surface area contributed by atoms with Gasteiger partial charge < -0.3 is 9.84 Å². The summed E-state index contributed by atoms with van der Waals surface area (Å²) in [5, 5.41) is 15.6. The van der Waals surface area contributed by atoms with E-state index in [-0.39, 0.29) is 0 Å². The molecule has 0 unspecified atom stereocenters. The van der Waals surface area contributed by atoms with Gasteiger partial charge >= 0.3 is 0 Å². The molecule has 0 aromatic carbocycles. The van der Waals surface area contributed by atoms with Crippen molar-refractivity contribution in [2.75, 3.05) is 11.9 Å². The predicted molar refractivity (Wildman–Crippen MR) is 60.2 cm³/mol. The highest BCUT2D eigenvalue weighted by Gasteiger charge is 2.02. The molecule has 2 heterocycles. The molecule has 0 spiro atoms. The van der Waals surface area contributed by atoms with Crippen LogP contribution in [0.1, 0.15) is 17.3 Å². The summed E-state index contributed by atoms with van der Waals surface area (Å²) in [7, 11) is 0. The van der Waals surface area contributed by atoms with E-state index in [1.165, 1.54) is 0 Å². The topological polar surface area (TPSA) is 87.6 Å². The average molecular weight is 229 g/mol. The van der Waals surface area contributed by atoms with Crippen molar-refractivity contribution in [1.82, 2.24) is 15.1 Å². The Morgan fingerprint density at radius 3 is 3.12 bits per heavy atom. The standard InChI is InChI=1S/C11H11N5O/c1-8-15-10(16-17-8)3-5-14-11-6-9(7-12)2-4-13-11/h2,4,6H,3,5H2,1H3,(H,13,14). The molecule has 0 aliphatic rings. The van der Waals surface area contributed by atoms with Gasteiger partial charge in [-0.25, -0.2) is 4.98 Å². The second kappa shape index (κ2) is 5.07. The maximum Gasteiger partial charge on any atom is 0.223 e. The van der Waals surface area contributed by atoms with Gasteiger partial charge in [-0.1, -0.05) is 5.16 Å². The van der Waals surface area contributed by atoms with Crippen molar-refractivity contribution in [1.29, 1.82) is 5.26 Å². The molecule has 2 rings (SSSR count). The highest BCUT2D eigenvalue weighted by molar-refractivity contribution is 5.42. The van der Waals surface area contributed by atoms with Crippen LogP contribution in [0.15, 0.2) is 22.9 Å². The van der Waals surface area contributed by atoms with Crippen molar-refractivity contribution in [3.8, 4) is 6.07 Å². The summed E-state index contributed by atoms with van der Waals surface area (Å²) in [6.45, 7) is 2.39. The molecule has 1 N–H and O–H groups in total. The summed E-state index contributed by atoms with van der Waals surface area (Å²) in [4.78, 5) is 8.18. The van der Waals surface area contributed by atoms with Gasteiger partial charge in [0.05, 0.1) is 11.6 Å². The highest BCUT2D eigenvalue weighted by Crippen LogP contribution is 2.05. The monoisotopic (exact) mass is 229 g/mol. The zero-order valence-electron chi connectivity index (χ0n) is 9.34. The Morgan fingerprint density at radius 1 is 1.53 bits per heavy atom. The normalized spacial score (nSPS) is 9.88. The minimum atomic E-state index is 0.560. The third-order valence-electron chi connectivity index (χ3n) is 2.11. The predicted octanol–water partition coefficient (Wildman–Crippen LogP) is 1.30. The maximum absolute atomic E-state index is 8.73. The summed E-state index contributed by atoms with van der Waals surface area (Å²) >= 11 is 0.